The van der Waals surface area contributed by atoms with Crippen molar-refractivity contribution in [2.45, 2.75) is 62.8 Å². The average molecular weight is 654 g/mol. The Morgan fingerprint density at radius 2 is 1.70 bits per heavy atom. The first kappa shape index (κ1) is 33.7. The minimum absolute atomic E-state index is 0.00434. The standard InChI is InChI=1S/C34H43N3O8S/c1-23(2)19-37(46(40,41)29-15-12-26(35)13-16-29)27-10-6-9-24(17-27)11-14-28(38)18-36-34(39)45-31-22-44-33-32(31)30(21-43-33)42-20-25-7-4-3-5-8-25/h3-10,12-13,15-17,23,28,30-33,38H,11,14,18-22,35H2,1-2H3,(H,36,39). The van der Waals surface area contributed by atoms with Gasteiger partial charge in [0.2, 0.25) is 0 Å². The van der Waals surface area contributed by atoms with Crippen LogP contribution >= 0.6 is 0 Å². The highest BCUT2D eigenvalue weighted by Crippen LogP contribution is 2.35. The molecule has 3 aromatic carbocycles. The molecule has 0 saturated carbocycles. The zero-order valence-corrected chi connectivity index (χ0v) is 27.0. The number of nitrogens with one attached hydrogen (secondary N) is 1. The Kier molecular flexibility index (Phi) is 11.2. The van der Waals surface area contributed by atoms with Crippen molar-refractivity contribution in [3.63, 3.8) is 0 Å². The molecule has 1 amide bonds. The number of hydrogen-bond acceptors (Lipinski definition) is 9. The maximum Gasteiger partial charge on any atom is 0.407 e. The summed E-state index contributed by atoms with van der Waals surface area (Å²) in [6, 6.07) is 23.2. The number of rotatable bonds is 14. The van der Waals surface area contributed by atoms with Gasteiger partial charge in [-0.25, -0.2) is 13.2 Å². The normalized spacial score (nSPS) is 21.6. The number of nitrogens with two attached hydrogens (primary N) is 1. The first-order valence-electron chi connectivity index (χ1n) is 15.6. The number of nitrogen functional groups attached to an aromatic ring is 1. The maximum atomic E-state index is 13.6. The van der Waals surface area contributed by atoms with Crippen molar-refractivity contribution in [1.82, 2.24) is 5.32 Å². The van der Waals surface area contributed by atoms with Gasteiger partial charge in [0, 0.05) is 18.8 Å². The summed E-state index contributed by atoms with van der Waals surface area (Å²) in [7, 11) is -3.83. The number of alkyl carbamates (subject to hydrolysis) is 1. The van der Waals surface area contributed by atoms with E-state index in [4.69, 9.17) is 24.7 Å². The Morgan fingerprint density at radius 1 is 1.00 bits per heavy atom. The summed E-state index contributed by atoms with van der Waals surface area (Å²) in [5, 5.41) is 13.3. The molecule has 12 heteroatoms. The van der Waals surface area contributed by atoms with Crippen LogP contribution in [-0.2, 0) is 42.0 Å². The molecule has 3 aromatic rings. The van der Waals surface area contributed by atoms with E-state index in [-0.39, 0.29) is 36.0 Å². The van der Waals surface area contributed by atoms with Crippen LogP contribution in [0, 0.1) is 11.8 Å². The Morgan fingerprint density at radius 3 is 2.41 bits per heavy atom. The van der Waals surface area contributed by atoms with Gasteiger partial charge < -0.3 is 35.1 Å². The third kappa shape index (κ3) is 8.56. The van der Waals surface area contributed by atoms with E-state index in [1.54, 1.807) is 24.3 Å². The third-order valence-electron chi connectivity index (χ3n) is 8.03. The number of amides is 1. The molecule has 46 heavy (non-hydrogen) atoms. The van der Waals surface area contributed by atoms with E-state index in [1.165, 1.54) is 16.4 Å². The molecule has 0 aliphatic carbocycles. The average Bonchev–Trinajstić information content (AvgIpc) is 3.64. The lowest BCUT2D eigenvalue weighted by molar-refractivity contribution is -0.0916. The van der Waals surface area contributed by atoms with Crippen molar-refractivity contribution < 1.29 is 37.3 Å². The van der Waals surface area contributed by atoms with Gasteiger partial charge in [0.1, 0.15) is 6.10 Å². The van der Waals surface area contributed by atoms with Crippen LogP contribution in [0.15, 0.2) is 83.8 Å². The van der Waals surface area contributed by atoms with Crippen LogP contribution in [0.2, 0.25) is 0 Å². The van der Waals surface area contributed by atoms with Gasteiger partial charge >= 0.3 is 6.09 Å². The highest BCUT2D eigenvalue weighted by atomic mass is 32.2. The molecule has 248 valence electrons. The molecule has 4 N–H and O–H groups in total. The number of benzene rings is 3. The summed E-state index contributed by atoms with van der Waals surface area (Å²) < 4.78 is 51.7. The van der Waals surface area contributed by atoms with Gasteiger partial charge in [0.25, 0.3) is 10.0 Å². The van der Waals surface area contributed by atoms with Crippen LogP contribution in [0.25, 0.3) is 0 Å². The number of nitrogens with zero attached hydrogens (tertiary/aromatic N) is 1. The van der Waals surface area contributed by atoms with E-state index in [1.807, 2.05) is 56.3 Å². The topological polar surface area (TPSA) is 150 Å². The molecule has 2 heterocycles. The maximum absolute atomic E-state index is 13.6. The van der Waals surface area contributed by atoms with Crippen molar-refractivity contribution in [1.29, 1.82) is 0 Å². The van der Waals surface area contributed by atoms with Crippen LogP contribution in [0.5, 0.6) is 0 Å². The largest absolute Gasteiger partial charge is 0.443 e. The quantitative estimate of drug-likeness (QED) is 0.219. The fourth-order valence-electron chi connectivity index (χ4n) is 5.63. The number of carbonyl (C=O) groups excluding carboxylic acids is 1. The summed E-state index contributed by atoms with van der Waals surface area (Å²) >= 11 is 0. The zero-order chi connectivity index (χ0) is 32.7. The van der Waals surface area contributed by atoms with Gasteiger partial charge in [0.15, 0.2) is 6.29 Å². The molecule has 5 atom stereocenters. The van der Waals surface area contributed by atoms with Crippen molar-refractivity contribution in [2.75, 3.05) is 36.3 Å². The fraction of sp³-hybridized carbons (Fsp3) is 0.441. The van der Waals surface area contributed by atoms with E-state index in [0.717, 1.165) is 11.1 Å². The van der Waals surface area contributed by atoms with Crippen molar-refractivity contribution in [3.05, 3.63) is 90.0 Å². The highest BCUT2D eigenvalue weighted by molar-refractivity contribution is 7.92. The van der Waals surface area contributed by atoms with Gasteiger partial charge in [-0.3, -0.25) is 4.31 Å². The summed E-state index contributed by atoms with van der Waals surface area (Å²) in [5.41, 5.74) is 8.69. The first-order valence-corrected chi connectivity index (χ1v) is 17.0. The van der Waals surface area contributed by atoms with Crippen molar-refractivity contribution in [2.24, 2.45) is 11.8 Å². The van der Waals surface area contributed by atoms with Gasteiger partial charge in [-0.05, 0) is 66.3 Å². The van der Waals surface area contributed by atoms with E-state index < -0.39 is 34.6 Å². The molecule has 0 aromatic heterocycles. The number of aliphatic hydroxyl groups excluding tert-OH is 1. The predicted octanol–water partition coefficient (Wildman–Crippen LogP) is 4.10. The monoisotopic (exact) mass is 653 g/mol. The highest BCUT2D eigenvalue weighted by Gasteiger charge is 2.50. The van der Waals surface area contributed by atoms with Crippen LogP contribution in [0.3, 0.4) is 0 Å². The number of carbonyl (C=O) groups is 1. The molecule has 2 aliphatic rings. The molecule has 5 unspecified atom stereocenters. The first-order chi connectivity index (χ1) is 22.1. The number of anilines is 2. The van der Waals surface area contributed by atoms with E-state index in [9.17, 15) is 18.3 Å². The molecule has 0 radical (unpaired) electrons. The van der Waals surface area contributed by atoms with E-state index >= 15 is 0 Å². The number of aryl methyl sites for hydroxylation is 1. The molecular formula is C34H43N3O8S. The Balaban J connectivity index is 1.11. The van der Waals surface area contributed by atoms with Crippen LogP contribution in [0.4, 0.5) is 16.2 Å². The second kappa shape index (κ2) is 15.3. The minimum Gasteiger partial charge on any atom is -0.443 e. The second-order valence-electron chi connectivity index (χ2n) is 12.1. The SMILES string of the molecule is CC(C)CN(c1cccc(CCC(O)CNC(=O)OC2COC3OCC(OCc4ccccc4)C23)c1)S(=O)(=O)c1ccc(N)cc1. The van der Waals surface area contributed by atoms with Crippen molar-refractivity contribution in [3.8, 4) is 0 Å². The summed E-state index contributed by atoms with van der Waals surface area (Å²) in [6.07, 6.45) is -1.97. The smallest absolute Gasteiger partial charge is 0.407 e. The number of sulfonamides is 1. The van der Waals surface area contributed by atoms with E-state index in [0.29, 0.717) is 44.0 Å². The Hall–Kier alpha value is -3.68. The number of ether oxygens (including phenoxy) is 4. The van der Waals surface area contributed by atoms with Gasteiger partial charge in [-0.15, -0.1) is 0 Å². The zero-order valence-electron chi connectivity index (χ0n) is 26.2. The molecule has 2 aliphatic heterocycles. The van der Waals surface area contributed by atoms with Crippen LogP contribution < -0.4 is 15.4 Å². The summed E-state index contributed by atoms with van der Waals surface area (Å²) in [6.45, 7) is 5.18. The lowest BCUT2D eigenvalue weighted by Gasteiger charge is -2.27. The predicted molar refractivity (Wildman–Crippen MR) is 173 cm³/mol. The Labute approximate surface area is 270 Å². The molecule has 5 rings (SSSR count). The number of aliphatic hydroxyl groups is 1. The van der Waals surface area contributed by atoms with Crippen molar-refractivity contribution >= 4 is 27.5 Å². The second-order valence-corrected chi connectivity index (χ2v) is 14.0. The Bertz CT molecular complexity index is 1540. The van der Waals surface area contributed by atoms with E-state index in [2.05, 4.69) is 5.32 Å². The van der Waals surface area contributed by atoms with Crippen LogP contribution in [0.1, 0.15) is 31.4 Å². The molecule has 0 spiro atoms. The molecule has 2 fully saturated rings. The third-order valence-corrected chi connectivity index (χ3v) is 9.84. The molecule has 11 nitrogen and oxygen atoms in total. The summed E-state index contributed by atoms with van der Waals surface area (Å²) in [4.78, 5) is 12.8. The molecule has 2 saturated heterocycles. The molecular weight excluding hydrogens is 610 g/mol. The van der Waals surface area contributed by atoms with Gasteiger partial charge in [0.05, 0.1) is 48.5 Å². The number of fused-ring (bicyclic) bond motifs is 1. The minimum atomic E-state index is -3.83. The molecule has 0 bridgehead atoms. The summed E-state index contributed by atoms with van der Waals surface area (Å²) in [5.74, 6) is -0.166. The lowest BCUT2D eigenvalue weighted by Crippen LogP contribution is -2.40. The van der Waals surface area contributed by atoms with Crippen LogP contribution in [-0.4, -0.2) is 70.5 Å². The fourth-order valence-corrected chi connectivity index (χ4v) is 7.25. The van der Waals surface area contributed by atoms with Gasteiger partial charge in [-0.2, -0.15) is 0 Å². The van der Waals surface area contributed by atoms with Gasteiger partial charge in [-0.1, -0.05) is 56.3 Å². The lowest BCUT2D eigenvalue weighted by atomic mass is 10.00. The number of hydrogen-bond donors (Lipinski definition) is 3.